The van der Waals surface area contributed by atoms with Crippen LogP contribution in [0.3, 0.4) is 0 Å². The van der Waals surface area contributed by atoms with Gasteiger partial charge < -0.3 is 10.1 Å². The quantitative estimate of drug-likeness (QED) is 0.832. The zero-order valence-electron chi connectivity index (χ0n) is 11.2. The predicted octanol–water partition coefficient (Wildman–Crippen LogP) is 5.11. The Labute approximate surface area is 132 Å². The summed E-state index contributed by atoms with van der Waals surface area (Å²) >= 11 is 5.46. The Bertz CT molecular complexity index is 617. The number of halogens is 1. The fourth-order valence-corrected chi connectivity index (χ4v) is 3.96. The molecular weight excluding hydrogens is 334 g/mol. The van der Waals surface area contributed by atoms with Crippen molar-refractivity contribution in [2.24, 2.45) is 0 Å². The van der Waals surface area contributed by atoms with E-state index in [1.165, 1.54) is 10.5 Å². The fraction of sp³-hybridized carbons (Fsp3) is 0.250. The zero-order valence-corrected chi connectivity index (χ0v) is 13.6. The first-order chi connectivity index (χ1) is 9.78. The lowest BCUT2D eigenvalue weighted by molar-refractivity contribution is 0.415. The van der Waals surface area contributed by atoms with Crippen molar-refractivity contribution in [2.45, 2.75) is 17.4 Å². The van der Waals surface area contributed by atoms with Crippen LogP contribution >= 0.6 is 27.7 Å². The molecule has 0 amide bonds. The van der Waals surface area contributed by atoms with Crippen molar-refractivity contribution in [3.63, 3.8) is 0 Å². The number of thioether (sulfide) groups is 1. The molecule has 1 unspecified atom stereocenters. The summed E-state index contributed by atoms with van der Waals surface area (Å²) in [6, 6.07) is 15.0. The molecule has 1 aliphatic rings. The van der Waals surface area contributed by atoms with E-state index >= 15 is 0 Å². The molecule has 2 aromatic rings. The lowest BCUT2D eigenvalue weighted by atomic mass is 10.0. The third-order valence-corrected chi connectivity index (χ3v) is 5.07. The van der Waals surface area contributed by atoms with Crippen molar-refractivity contribution in [1.82, 2.24) is 0 Å². The van der Waals surface area contributed by atoms with Crippen LogP contribution in [0, 0.1) is 0 Å². The molecule has 0 radical (unpaired) electrons. The number of benzene rings is 2. The van der Waals surface area contributed by atoms with Gasteiger partial charge in [-0.2, -0.15) is 0 Å². The van der Waals surface area contributed by atoms with Crippen molar-refractivity contribution in [1.29, 1.82) is 0 Å². The summed E-state index contributed by atoms with van der Waals surface area (Å²) in [5.74, 6) is 2.02. The summed E-state index contributed by atoms with van der Waals surface area (Å²) in [6.45, 7) is 0. The smallest absolute Gasteiger partial charge is 0.142 e. The van der Waals surface area contributed by atoms with Crippen molar-refractivity contribution in [2.75, 3.05) is 18.2 Å². The van der Waals surface area contributed by atoms with Gasteiger partial charge in [-0.3, -0.25) is 0 Å². The molecule has 1 N–H and O–H groups in total. The van der Waals surface area contributed by atoms with E-state index in [0.717, 1.165) is 28.1 Å². The highest BCUT2D eigenvalue weighted by Crippen LogP contribution is 2.39. The molecule has 1 atom stereocenters. The number of hydrogen-bond donors (Lipinski definition) is 1. The highest BCUT2D eigenvalue weighted by Gasteiger charge is 2.21. The van der Waals surface area contributed by atoms with Crippen molar-refractivity contribution in [3.05, 3.63) is 52.5 Å². The molecule has 0 saturated carbocycles. The number of hydrogen-bond acceptors (Lipinski definition) is 3. The molecule has 1 heterocycles. The second-order valence-electron chi connectivity index (χ2n) is 4.72. The van der Waals surface area contributed by atoms with Gasteiger partial charge in [-0.25, -0.2) is 0 Å². The Morgan fingerprint density at radius 1 is 1.25 bits per heavy atom. The first-order valence-corrected chi connectivity index (χ1v) is 8.37. The summed E-state index contributed by atoms with van der Waals surface area (Å²) in [7, 11) is 1.71. The van der Waals surface area contributed by atoms with Gasteiger partial charge in [-0.1, -0.05) is 34.1 Å². The average Bonchev–Trinajstić information content (AvgIpc) is 2.48. The first kappa shape index (κ1) is 13.8. The summed E-state index contributed by atoms with van der Waals surface area (Å²) in [6.07, 6.45) is 1.12. The van der Waals surface area contributed by atoms with Gasteiger partial charge in [-0.15, -0.1) is 11.8 Å². The third kappa shape index (κ3) is 2.81. The topological polar surface area (TPSA) is 21.3 Å². The Kier molecular flexibility index (Phi) is 4.22. The first-order valence-electron chi connectivity index (χ1n) is 6.60. The maximum absolute atomic E-state index is 5.44. The largest absolute Gasteiger partial charge is 0.495 e. The lowest BCUT2D eigenvalue weighted by Gasteiger charge is -2.27. The van der Waals surface area contributed by atoms with Gasteiger partial charge in [0.25, 0.3) is 0 Å². The summed E-state index contributed by atoms with van der Waals surface area (Å²) in [5.41, 5.74) is 2.42. The maximum atomic E-state index is 5.44. The number of ether oxygens (including phenoxy) is 1. The number of rotatable bonds is 3. The van der Waals surface area contributed by atoms with Gasteiger partial charge in [0.15, 0.2) is 0 Å². The highest BCUT2D eigenvalue weighted by molar-refractivity contribution is 9.10. The molecular formula is C16H16BrNOS. The van der Waals surface area contributed by atoms with E-state index in [9.17, 15) is 0 Å². The van der Waals surface area contributed by atoms with E-state index in [0.29, 0.717) is 6.04 Å². The molecule has 0 saturated heterocycles. The molecule has 0 spiro atoms. The lowest BCUT2D eigenvalue weighted by Crippen LogP contribution is -2.16. The third-order valence-electron chi connectivity index (χ3n) is 3.45. The van der Waals surface area contributed by atoms with Crippen LogP contribution in [0.4, 0.5) is 5.69 Å². The molecule has 0 aliphatic carbocycles. The number of fused-ring (bicyclic) bond motifs is 1. The zero-order chi connectivity index (χ0) is 13.9. The summed E-state index contributed by atoms with van der Waals surface area (Å²) in [4.78, 5) is 1.38. The van der Waals surface area contributed by atoms with Crippen LogP contribution < -0.4 is 10.1 Å². The van der Waals surface area contributed by atoms with Gasteiger partial charge in [0.2, 0.25) is 0 Å². The summed E-state index contributed by atoms with van der Waals surface area (Å²) < 4.78 is 6.50. The van der Waals surface area contributed by atoms with Crippen LogP contribution in [0.15, 0.2) is 51.8 Å². The van der Waals surface area contributed by atoms with E-state index in [4.69, 9.17) is 4.74 Å². The normalized spacial score (nSPS) is 17.4. The van der Waals surface area contributed by atoms with E-state index in [-0.39, 0.29) is 0 Å². The maximum Gasteiger partial charge on any atom is 0.142 e. The molecule has 4 heteroatoms. The van der Waals surface area contributed by atoms with E-state index in [1.54, 1.807) is 7.11 Å². The van der Waals surface area contributed by atoms with E-state index < -0.39 is 0 Å². The van der Waals surface area contributed by atoms with Crippen LogP contribution in [-0.2, 0) is 0 Å². The Balaban J connectivity index is 1.91. The van der Waals surface area contributed by atoms with Gasteiger partial charge in [0.05, 0.1) is 18.8 Å². The molecule has 1 aliphatic heterocycles. The molecule has 2 aromatic carbocycles. The molecule has 2 nitrogen and oxygen atoms in total. The van der Waals surface area contributed by atoms with Crippen molar-refractivity contribution >= 4 is 33.4 Å². The van der Waals surface area contributed by atoms with Crippen LogP contribution in [-0.4, -0.2) is 12.9 Å². The van der Waals surface area contributed by atoms with Gasteiger partial charge in [-0.05, 0) is 36.2 Å². The summed E-state index contributed by atoms with van der Waals surface area (Å²) in [5, 5.41) is 3.63. The second kappa shape index (κ2) is 6.10. The van der Waals surface area contributed by atoms with Gasteiger partial charge in [0.1, 0.15) is 5.75 Å². The standard InChI is InChI=1S/C16H16BrNOS/c1-19-15-7-6-11(17)10-14(15)18-13-8-9-20-16-5-3-2-4-12(13)16/h2-7,10,13,18H,8-9H2,1H3. The fourth-order valence-electron chi connectivity index (χ4n) is 2.47. The minimum absolute atomic E-state index is 0.343. The van der Waals surface area contributed by atoms with E-state index in [2.05, 4.69) is 51.6 Å². The van der Waals surface area contributed by atoms with Crippen LogP contribution in [0.5, 0.6) is 5.75 Å². The Hall–Kier alpha value is -1.13. The molecule has 3 rings (SSSR count). The molecule has 104 valence electrons. The minimum Gasteiger partial charge on any atom is -0.495 e. The molecule has 0 bridgehead atoms. The van der Waals surface area contributed by atoms with Gasteiger partial charge >= 0.3 is 0 Å². The number of nitrogens with one attached hydrogen (secondary N) is 1. The monoisotopic (exact) mass is 349 g/mol. The van der Waals surface area contributed by atoms with Crippen LogP contribution in [0.2, 0.25) is 0 Å². The van der Waals surface area contributed by atoms with Crippen LogP contribution in [0.1, 0.15) is 18.0 Å². The van der Waals surface area contributed by atoms with Crippen molar-refractivity contribution in [3.8, 4) is 5.75 Å². The van der Waals surface area contributed by atoms with Crippen LogP contribution in [0.25, 0.3) is 0 Å². The molecule has 0 aromatic heterocycles. The highest BCUT2D eigenvalue weighted by atomic mass is 79.9. The number of methoxy groups -OCH3 is 1. The average molecular weight is 350 g/mol. The molecule has 0 fully saturated rings. The molecule has 20 heavy (non-hydrogen) atoms. The Morgan fingerprint density at radius 3 is 2.95 bits per heavy atom. The second-order valence-corrected chi connectivity index (χ2v) is 6.77. The predicted molar refractivity (Wildman–Crippen MR) is 88.8 cm³/mol. The van der Waals surface area contributed by atoms with Gasteiger partial charge in [0, 0.05) is 15.1 Å². The Morgan fingerprint density at radius 2 is 2.10 bits per heavy atom. The SMILES string of the molecule is COc1ccc(Br)cc1NC1CCSc2ccccc21. The minimum atomic E-state index is 0.343. The van der Waals surface area contributed by atoms with E-state index in [1.807, 2.05) is 23.9 Å². The van der Waals surface area contributed by atoms with Crippen molar-refractivity contribution < 1.29 is 4.74 Å². The number of anilines is 1.